The summed E-state index contributed by atoms with van der Waals surface area (Å²) >= 11 is 0. The number of nitrogens with two attached hydrogens (primary N) is 1. The van der Waals surface area contributed by atoms with E-state index in [9.17, 15) is 13.5 Å². The Morgan fingerprint density at radius 1 is 1.50 bits per heavy atom. The molecule has 8 heteroatoms. The zero-order chi connectivity index (χ0) is 10.8. The highest BCUT2D eigenvalue weighted by Gasteiger charge is 2.09. The summed E-state index contributed by atoms with van der Waals surface area (Å²) in [5, 5.41) is 17.1. The molecule has 0 aliphatic carbocycles. The molecule has 3 N–H and O–H groups in total. The molecule has 0 heterocycles. The summed E-state index contributed by atoms with van der Waals surface area (Å²) in [6, 6.07) is 3.22. The lowest BCUT2D eigenvalue weighted by Gasteiger charge is -2.00. The van der Waals surface area contributed by atoms with Crippen LogP contribution >= 0.6 is 0 Å². The van der Waals surface area contributed by atoms with Gasteiger partial charge in [-0.25, -0.2) is 13.6 Å². The van der Waals surface area contributed by atoms with Gasteiger partial charge in [-0.3, -0.25) is 0 Å². The van der Waals surface area contributed by atoms with Crippen LogP contribution in [-0.4, -0.2) is 13.5 Å². The third-order valence-electron chi connectivity index (χ3n) is 1.43. The maximum Gasteiger partial charge on any atom is 0.238 e. The van der Waals surface area contributed by atoms with E-state index in [1.54, 1.807) is 0 Å². The number of hydrogen-bond acceptors (Lipinski definition) is 4. The quantitative estimate of drug-likeness (QED) is 0.432. The van der Waals surface area contributed by atoms with Crippen molar-refractivity contribution < 1.29 is 13.5 Å². The van der Waals surface area contributed by atoms with Gasteiger partial charge in [0.15, 0.2) is 0 Å². The summed E-state index contributed by atoms with van der Waals surface area (Å²) in [6.07, 6.45) is 0. The monoisotopic (exact) mass is 214 g/mol. The van der Waals surface area contributed by atoms with Crippen molar-refractivity contribution in [1.82, 2.24) is 0 Å². The van der Waals surface area contributed by atoms with Crippen molar-refractivity contribution in [2.45, 2.75) is 4.90 Å². The van der Waals surface area contributed by atoms with Crippen LogP contribution in [0.25, 0.3) is 10.4 Å². The number of nitrogens with zero attached hydrogens (tertiary/aromatic N) is 3. The Balaban J connectivity index is 3.33. The van der Waals surface area contributed by atoms with Crippen molar-refractivity contribution >= 4 is 15.7 Å². The van der Waals surface area contributed by atoms with Gasteiger partial charge in [-0.05, 0) is 17.7 Å². The van der Waals surface area contributed by atoms with Gasteiger partial charge in [0.2, 0.25) is 10.0 Å². The number of phenols is 1. The number of rotatable bonds is 2. The van der Waals surface area contributed by atoms with E-state index in [0.717, 1.165) is 18.2 Å². The van der Waals surface area contributed by atoms with Crippen molar-refractivity contribution in [3.63, 3.8) is 0 Å². The van der Waals surface area contributed by atoms with Gasteiger partial charge in [-0.2, -0.15) is 0 Å². The molecule has 0 bridgehead atoms. The lowest BCUT2D eigenvalue weighted by molar-refractivity contribution is 0.474. The standard InChI is InChI=1S/C6H6N4O3S/c7-10-9-5-2-1-4(3-6(5)11)14(8,12)13/h1-3,11H,(H2,8,12,13). The SMILES string of the molecule is [N-]=[N+]=Nc1ccc(S(N)(=O)=O)cc1O. The van der Waals surface area contributed by atoms with E-state index in [1.165, 1.54) is 0 Å². The van der Waals surface area contributed by atoms with E-state index in [4.69, 9.17) is 10.7 Å². The van der Waals surface area contributed by atoms with Crippen LogP contribution in [0, 0.1) is 0 Å². The number of sulfonamides is 1. The predicted octanol–water partition coefficient (Wildman–Crippen LogP) is 0.981. The van der Waals surface area contributed by atoms with E-state index in [1.807, 2.05) is 0 Å². The largest absolute Gasteiger partial charge is 0.507 e. The van der Waals surface area contributed by atoms with Crippen LogP contribution in [-0.2, 0) is 10.0 Å². The third-order valence-corrected chi connectivity index (χ3v) is 2.34. The summed E-state index contributed by atoms with van der Waals surface area (Å²) in [5.74, 6) is -0.436. The normalized spacial score (nSPS) is 10.6. The molecule has 0 spiro atoms. The summed E-state index contributed by atoms with van der Waals surface area (Å²) < 4.78 is 21.6. The van der Waals surface area contributed by atoms with Crippen molar-refractivity contribution in [3.8, 4) is 5.75 Å². The molecule has 0 amide bonds. The number of aromatic hydroxyl groups is 1. The van der Waals surface area contributed by atoms with Crippen molar-refractivity contribution in [2.24, 2.45) is 10.3 Å². The van der Waals surface area contributed by atoms with E-state index < -0.39 is 15.8 Å². The van der Waals surface area contributed by atoms with Crippen LogP contribution in [0.15, 0.2) is 28.2 Å². The van der Waals surface area contributed by atoms with Gasteiger partial charge in [0.05, 0.1) is 10.6 Å². The second kappa shape index (κ2) is 3.54. The number of benzene rings is 1. The van der Waals surface area contributed by atoms with E-state index in [2.05, 4.69) is 10.0 Å². The maximum atomic E-state index is 10.8. The molecule has 1 aromatic rings. The molecule has 0 aromatic heterocycles. The number of azide groups is 1. The van der Waals surface area contributed by atoms with Gasteiger partial charge in [-0.15, -0.1) is 0 Å². The zero-order valence-electron chi connectivity index (χ0n) is 6.82. The van der Waals surface area contributed by atoms with E-state index in [0.29, 0.717) is 0 Å². The molecule has 1 aromatic carbocycles. The Morgan fingerprint density at radius 3 is 2.57 bits per heavy atom. The average molecular weight is 214 g/mol. The molecule has 0 saturated carbocycles. The minimum Gasteiger partial charge on any atom is -0.507 e. The molecule has 0 fully saturated rings. The Morgan fingerprint density at radius 2 is 2.14 bits per heavy atom. The molecule has 0 radical (unpaired) electrons. The van der Waals surface area contributed by atoms with Gasteiger partial charge < -0.3 is 5.11 Å². The molecule has 0 aliphatic heterocycles. The summed E-state index contributed by atoms with van der Waals surface area (Å²) in [7, 11) is -3.85. The van der Waals surface area contributed by atoms with Gasteiger partial charge in [0, 0.05) is 11.0 Å². The molecule has 0 unspecified atom stereocenters. The van der Waals surface area contributed by atoms with Gasteiger partial charge in [0.25, 0.3) is 0 Å². The molecule has 0 saturated heterocycles. The molecule has 14 heavy (non-hydrogen) atoms. The molecule has 7 nitrogen and oxygen atoms in total. The van der Waals surface area contributed by atoms with Crippen LogP contribution in [0.3, 0.4) is 0 Å². The van der Waals surface area contributed by atoms with Crippen LogP contribution in [0.5, 0.6) is 5.75 Å². The topological polar surface area (TPSA) is 129 Å². The Labute approximate surface area is 79.5 Å². The van der Waals surface area contributed by atoms with Crippen molar-refractivity contribution in [1.29, 1.82) is 0 Å². The first-order valence-electron chi connectivity index (χ1n) is 3.36. The molecular weight excluding hydrogens is 208 g/mol. The van der Waals surface area contributed by atoms with E-state index >= 15 is 0 Å². The van der Waals surface area contributed by atoms with Crippen LogP contribution in [0.2, 0.25) is 0 Å². The minimum absolute atomic E-state index is 0.0556. The lowest BCUT2D eigenvalue weighted by atomic mass is 10.3. The summed E-state index contributed by atoms with van der Waals surface area (Å²) in [5.41, 5.74) is 8.02. The highest BCUT2D eigenvalue weighted by molar-refractivity contribution is 7.89. The first kappa shape index (κ1) is 10.3. The predicted molar refractivity (Wildman–Crippen MR) is 48.3 cm³/mol. The molecule has 1 rings (SSSR count). The van der Waals surface area contributed by atoms with E-state index in [-0.39, 0.29) is 10.6 Å². The fourth-order valence-electron chi connectivity index (χ4n) is 0.813. The van der Waals surface area contributed by atoms with Crippen LogP contribution in [0.4, 0.5) is 5.69 Å². The van der Waals surface area contributed by atoms with Crippen LogP contribution < -0.4 is 5.14 Å². The summed E-state index contributed by atoms with van der Waals surface area (Å²) in [4.78, 5) is 2.20. The third kappa shape index (κ3) is 2.13. The second-order valence-corrected chi connectivity index (χ2v) is 3.95. The first-order valence-corrected chi connectivity index (χ1v) is 4.90. The molecule has 0 atom stereocenters. The fourth-order valence-corrected chi connectivity index (χ4v) is 1.35. The smallest absolute Gasteiger partial charge is 0.238 e. The van der Waals surface area contributed by atoms with Gasteiger partial charge in [0.1, 0.15) is 5.75 Å². The molecule has 0 aliphatic rings. The highest BCUT2D eigenvalue weighted by atomic mass is 32.2. The number of phenolic OH excluding ortho intramolecular Hbond substituents is 1. The van der Waals surface area contributed by atoms with Crippen molar-refractivity contribution in [2.75, 3.05) is 0 Å². The number of primary sulfonamides is 1. The Kier molecular flexibility index (Phi) is 2.61. The zero-order valence-corrected chi connectivity index (χ0v) is 7.64. The Hall–Kier alpha value is -1.76. The van der Waals surface area contributed by atoms with Crippen molar-refractivity contribution in [3.05, 3.63) is 28.6 Å². The molecular formula is C6H6N4O3S. The van der Waals surface area contributed by atoms with Gasteiger partial charge >= 0.3 is 0 Å². The number of hydrogen-bond donors (Lipinski definition) is 2. The maximum absolute atomic E-state index is 10.8. The second-order valence-electron chi connectivity index (χ2n) is 2.38. The average Bonchev–Trinajstić information content (AvgIpc) is 2.07. The molecule has 74 valence electrons. The van der Waals surface area contributed by atoms with Crippen LogP contribution in [0.1, 0.15) is 0 Å². The Bertz CT molecular complexity index is 504. The first-order chi connectivity index (χ1) is 6.45. The van der Waals surface area contributed by atoms with Gasteiger partial charge in [-0.1, -0.05) is 5.11 Å². The fraction of sp³-hybridized carbons (Fsp3) is 0. The summed E-state index contributed by atoms with van der Waals surface area (Å²) in [6.45, 7) is 0. The highest BCUT2D eigenvalue weighted by Crippen LogP contribution is 2.28. The minimum atomic E-state index is -3.85. The lowest BCUT2D eigenvalue weighted by Crippen LogP contribution is -2.11.